The summed E-state index contributed by atoms with van der Waals surface area (Å²) in [6.07, 6.45) is 2.59. The molecule has 202 valence electrons. The second-order valence-electron chi connectivity index (χ2n) is 10.2. The van der Waals surface area contributed by atoms with E-state index in [1.807, 2.05) is 33.0 Å². The smallest absolute Gasteiger partial charge is 0.407 e. The standard InChI is InChI=1S/C26H30N10O3/c1-26(2,3)39-25(38)32-16-8-10-36(11-9-16)23(37)15-6-4-14(5-7-15)20-18-19(29)17(12-27)21(30)34-22(18)35-24(33-20)31-13-28/h4-7,16,20H,8-11H2,1-3H3,(H,32,38)(H6,29,30,31,33,34,35). The molecule has 0 saturated carbocycles. The van der Waals surface area contributed by atoms with E-state index in [0.29, 0.717) is 42.6 Å². The van der Waals surface area contributed by atoms with Gasteiger partial charge in [-0.15, -0.1) is 0 Å². The number of nitrogen functional groups attached to an aromatic ring is 2. The van der Waals surface area contributed by atoms with Crippen LogP contribution in [0.25, 0.3) is 0 Å². The Balaban J connectivity index is 1.49. The number of benzene rings is 1. The number of pyridine rings is 1. The SMILES string of the molecule is CC(C)(C)OC(=O)NC1CCN(C(=O)c2ccc(C3N=C(NC#N)Nc4nc(N)c(C#N)c(N)c43)cc2)CC1. The maximum Gasteiger partial charge on any atom is 0.407 e. The summed E-state index contributed by atoms with van der Waals surface area (Å²) in [5.41, 5.74) is 13.4. The predicted octanol–water partition coefficient (Wildman–Crippen LogP) is 2.19. The quantitative estimate of drug-likeness (QED) is 0.288. The van der Waals surface area contributed by atoms with Gasteiger partial charge >= 0.3 is 6.09 Å². The van der Waals surface area contributed by atoms with Crippen molar-refractivity contribution in [3.8, 4) is 12.3 Å². The fraction of sp³-hybridized carbons (Fsp3) is 0.385. The summed E-state index contributed by atoms with van der Waals surface area (Å²) in [4.78, 5) is 35.7. The van der Waals surface area contributed by atoms with Gasteiger partial charge in [-0.25, -0.2) is 14.8 Å². The second-order valence-corrected chi connectivity index (χ2v) is 10.2. The molecule has 39 heavy (non-hydrogen) atoms. The monoisotopic (exact) mass is 530 g/mol. The largest absolute Gasteiger partial charge is 0.444 e. The number of aromatic nitrogens is 1. The number of nitriles is 2. The molecule has 2 amide bonds. The van der Waals surface area contributed by atoms with Crippen molar-refractivity contribution >= 4 is 35.3 Å². The van der Waals surface area contributed by atoms with E-state index < -0.39 is 17.7 Å². The third-order valence-electron chi connectivity index (χ3n) is 6.33. The lowest BCUT2D eigenvalue weighted by Crippen LogP contribution is -2.47. The van der Waals surface area contributed by atoms with Gasteiger partial charge in [-0.05, 0) is 51.3 Å². The molecule has 1 aromatic heterocycles. The third-order valence-corrected chi connectivity index (χ3v) is 6.33. The number of amides is 2. The van der Waals surface area contributed by atoms with Crippen molar-refractivity contribution < 1.29 is 14.3 Å². The van der Waals surface area contributed by atoms with Gasteiger partial charge in [0.2, 0.25) is 5.96 Å². The summed E-state index contributed by atoms with van der Waals surface area (Å²) in [5.74, 6) is 0.266. The number of alkyl carbamates (subject to hydrolysis) is 1. The first-order chi connectivity index (χ1) is 18.5. The van der Waals surface area contributed by atoms with Gasteiger partial charge in [-0.1, -0.05) is 12.1 Å². The van der Waals surface area contributed by atoms with Crippen molar-refractivity contribution in [1.82, 2.24) is 20.5 Å². The van der Waals surface area contributed by atoms with Crippen LogP contribution in [0.15, 0.2) is 29.3 Å². The van der Waals surface area contributed by atoms with Gasteiger partial charge < -0.3 is 31.7 Å². The van der Waals surface area contributed by atoms with Crippen LogP contribution in [0, 0.1) is 22.8 Å². The van der Waals surface area contributed by atoms with Gasteiger partial charge in [-0.3, -0.25) is 10.1 Å². The van der Waals surface area contributed by atoms with Crippen LogP contribution >= 0.6 is 0 Å². The molecule has 13 nitrogen and oxygen atoms in total. The molecule has 1 saturated heterocycles. The number of carbonyl (C=O) groups is 2. The second kappa shape index (κ2) is 10.8. The van der Waals surface area contributed by atoms with E-state index >= 15 is 0 Å². The highest BCUT2D eigenvalue weighted by atomic mass is 16.6. The lowest BCUT2D eigenvalue weighted by atomic mass is 9.94. The molecule has 1 fully saturated rings. The zero-order chi connectivity index (χ0) is 28.3. The molecule has 0 radical (unpaired) electrons. The van der Waals surface area contributed by atoms with Gasteiger partial charge in [-0.2, -0.15) is 10.5 Å². The maximum absolute atomic E-state index is 13.2. The normalized spacial score (nSPS) is 17.0. The van der Waals surface area contributed by atoms with Crippen molar-refractivity contribution in [3.63, 3.8) is 0 Å². The number of nitrogens with two attached hydrogens (primary N) is 2. The highest BCUT2D eigenvalue weighted by Crippen LogP contribution is 2.40. The van der Waals surface area contributed by atoms with Crippen LogP contribution in [-0.2, 0) is 4.74 Å². The first-order valence-corrected chi connectivity index (χ1v) is 12.4. The average Bonchev–Trinajstić information content (AvgIpc) is 2.87. The minimum atomic E-state index is -0.698. The molecule has 7 N–H and O–H groups in total. The number of nitrogens with zero attached hydrogens (tertiary/aromatic N) is 5. The van der Waals surface area contributed by atoms with Gasteiger partial charge in [0.1, 0.15) is 34.9 Å². The fourth-order valence-corrected chi connectivity index (χ4v) is 4.51. The van der Waals surface area contributed by atoms with Crippen LogP contribution in [0.1, 0.15) is 66.7 Å². The molecular formula is C26H30N10O3. The molecular weight excluding hydrogens is 500 g/mol. The van der Waals surface area contributed by atoms with Gasteiger partial charge in [0.05, 0.1) is 5.69 Å². The summed E-state index contributed by atoms with van der Waals surface area (Å²) < 4.78 is 5.32. The summed E-state index contributed by atoms with van der Waals surface area (Å²) in [7, 11) is 0. The Hall–Kier alpha value is -5.04. The zero-order valence-corrected chi connectivity index (χ0v) is 21.9. The van der Waals surface area contributed by atoms with E-state index in [2.05, 4.69) is 25.9 Å². The summed E-state index contributed by atoms with van der Waals surface area (Å²) >= 11 is 0. The molecule has 2 aromatic rings. The first-order valence-electron chi connectivity index (χ1n) is 12.4. The molecule has 2 aliphatic heterocycles. The van der Waals surface area contributed by atoms with Crippen LogP contribution < -0.4 is 27.4 Å². The molecule has 0 spiro atoms. The molecule has 0 bridgehead atoms. The number of piperidine rings is 1. The molecule has 3 heterocycles. The number of likely N-dealkylation sites (tertiary alicyclic amines) is 1. The summed E-state index contributed by atoms with van der Waals surface area (Å²) in [5, 5.41) is 26.8. The maximum atomic E-state index is 13.2. The van der Waals surface area contributed by atoms with E-state index in [-0.39, 0.29) is 40.8 Å². The number of aliphatic imine (C=N–C) groups is 1. The first kappa shape index (κ1) is 27.0. The van der Waals surface area contributed by atoms with Crippen LogP contribution in [0.4, 0.5) is 22.1 Å². The number of ether oxygens (including phenoxy) is 1. The summed E-state index contributed by atoms with van der Waals surface area (Å²) in [6, 6.07) is 8.10. The minimum absolute atomic E-state index is 0.0378. The van der Waals surface area contributed by atoms with Crippen LogP contribution in [0.5, 0.6) is 0 Å². The highest BCUT2D eigenvalue weighted by molar-refractivity contribution is 5.98. The predicted molar refractivity (Wildman–Crippen MR) is 144 cm³/mol. The van der Waals surface area contributed by atoms with Crippen molar-refractivity contribution in [2.24, 2.45) is 4.99 Å². The molecule has 1 atom stereocenters. The lowest BCUT2D eigenvalue weighted by Gasteiger charge is -2.33. The molecule has 4 rings (SSSR count). The number of nitrogens with one attached hydrogen (secondary N) is 3. The van der Waals surface area contributed by atoms with E-state index in [1.54, 1.807) is 29.2 Å². The van der Waals surface area contributed by atoms with Gasteiger partial charge in [0, 0.05) is 30.3 Å². The van der Waals surface area contributed by atoms with E-state index in [0.717, 1.165) is 0 Å². The number of hydrogen-bond acceptors (Lipinski definition) is 11. The molecule has 13 heteroatoms. The van der Waals surface area contributed by atoms with Crippen molar-refractivity contribution in [3.05, 3.63) is 46.5 Å². The Morgan fingerprint density at radius 1 is 1.15 bits per heavy atom. The Kier molecular flexibility index (Phi) is 7.44. The van der Waals surface area contributed by atoms with Gasteiger partial charge in [0.15, 0.2) is 6.19 Å². The van der Waals surface area contributed by atoms with Crippen molar-refractivity contribution in [2.45, 2.75) is 51.3 Å². The number of fused-ring (bicyclic) bond motifs is 1. The highest BCUT2D eigenvalue weighted by Gasteiger charge is 2.30. The van der Waals surface area contributed by atoms with Gasteiger partial charge in [0.25, 0.3) is 5.91 Å². The van der Waals surface area contributed by atoms with E-state index in [1.165, 1.54) is 0 Å². The van der Waals surface area contributed by atoms with E-state index in [4.69, 9.17) is 21.5 Å². The fourth-order valence-electron chi connectivity index (χ4n) is 4.51. The van der Waals surface area contributed by atoms with Crippen LogP contribution in [0.3, 0.4) is 0 Å². The Bertz CT molecular complexity index is 1390. The van der Waals surface area contributed by atoms with Crippen molar-refractivity contribution in [2.75, 3.05) is 29.9 Å². The summed E-state index contributed by atoms with van der Waals surface area (Å²) in [6.45, 7) is 6.42. The Morgan fingerprint density at radius 2 is 1.82 bits per heavy atom. The molecule has 2 aliphatic rings. The molecule has 0 aliphatic carbocycles. The van der Waals surface area contributed by atoms with Crippen molar-refractivity contribution in [1.29, 1.82) is 10.5 Å². The minimum Gasteiger partial charge on any atom is -0.444 e. The van der Waals surface area contributed by atoms with E-state index in [9.17, 15) is 14.9 Å². The number of hydrogen-bond donors (Lipinski definition) is 5. The number of carbonyl (C=O) groups excluding carboxylic acids is 2. The average molecular weight is 531 g/mol. The number of anilines is 3. The molecule has 1 aromatic carbocycles. The zero-order valence-electron chi connectivity index (χ0n) is 21.9. The van der Waals surface area contributed by atoms with Crippen LogP contribution in [-0.4, -0.2) is 52.6 Å². The Morgan fingerprint density at radius 3 is 2.41 bits per heavy atom. The molecule has 1 unspecified atom stereocenters. The lowest BCUT2D eigenvalue weighted by molar-refractivity contribution is 0.0473. The number of rotatable bonds is 3. The third kappa shape index (κ3) is 5.93. The Labute approximate surface area is 225 Å². The topological polar surface area (TPSA) is 208 Å². The number of guanidine groups is 1. The van der Waals surface area contributed by atoms with Crippen LogP contribution in [0.2, 0.25) is 0 Å².